The highest BCUT2D eigenvalue weighted by molar-refractivity contribution is 6.14. The van der Waals surface area contributed by atoms with Crippen LogP contribution < -0.4 is 5.32 Å². The normalized spacial score (nSPS) is 34.3. The second kappa shape index (κ2) is 6.19. The van der Waals surface area contributed by atoms with Gasteiger partial charge in [-0.3, -0.25) is 4.79 Å². The van der Waals surface area contributed by atoms with Gasteiger partial charge >= 0.3 is 0 Å². The Morgan fingerprint density at radius 3 is 2.20 bits per heavy atom. The van der Waals surface area contributed by atoms with E-state index >= 15 is 0 Å². The molecule has 0 bridgehead atoms. The average Bonchev–Trinajstić information content (AvgIpc) is 2.19. The SMILES string of the molecule is [B]C1(C)CCCCC(NC=O)CCCC1. The van der Waals surface area contributed by atoms with Crippen LogP contribution in [0, 0.1) is 0 Å². The van der Waals surface area contributed by atoms with Crippen molar-refractivity contribution in [1.29, 1.82) is 0 Å². The van der Waals surface area contributed by atoms with Gasteiger partial charge in [-0.05, 0) is 12.8 Å². The Bertz CT molecular complexity index is 180. The standard InChI is InChI=1S/C12H22BNO/c1-12(13)8-4-2-6-11(14-10-15)7-3-5-9-12/h10-11H,2-9H2,1H3,(H,14,15). The zero-order chi connectivity index (χ0) is 11.1. The first-order valence-electron chi connectivity index (χ1n) is 6.13. The van der Waals surface area contributed by atoms with Crippen molar-refractivity contribution in [1.82, 2.24) is 5.32 Å². The minimum absolute atomic E-state index is 0.0327. The molecule has 1 aliphatic carbocycles. The van der Waals surface area contributed by atoms with Crippen molar-refractivity contribution in [3.63, 3.8) is 0 Å². The van der Waals surface area contributed by atoms with Gasteiger partial charge in [0.2, 0.25) is 6.41 Å². The number of hydrogen-bond donors (Lipinski definition) is 1. The van der Waals surface area contributed by atoms with E-state index in [1.54, 1.807) is 0 Å². The van der Waals surface area contributed by atoms with E-state index in [4.69, 9.17) is 7.85 Å². The van der Waals surface area contributed by atoms with Gasteiger partial charge in [0.1, 0.15) is 0 Å². The molecule has 1 amide bonds. The Morgan fingerprint density at radius 1 is 1.20 bits per heavy atom. The van der Waals surface area contributed by atoms with Crippen molar-refractivity contribution in [2.75, 3.05) is 0 Å². The molecular weight excluding hydrogens is 185 g/mol. The molecular formula is C12H22BNO. The van der Waals surface area contributed by atoms with Crippen LogP contribution in [0.3, 0.4) is 0 Å². The largest absolute Gasteiger partial charge is 0.356 e. The molecule has 0 atom stereocenters. The fourth-order valence-corrected chi connectivity index (χ4v) is 2.37. The highest BCUT2D eigenvalue weighted by Crippen LogP contribution is 2.35. The third-order valence-electron chi connectivity index (χ3n) is 3.40. The summed E-state index contributed by atoms with van der Waals surface area (Å²) in [4.78, 5) is 10.4. The van der Waals surface area contributed by atoms with Crippen molar-refractivity contribution in [2.24, 2.45) is 0 Å². The summed E-state index contributed by atoms with van der Waals surface area (Å²) >= 11 is 0. The smallest absolute Gasteiger partial charge is 0.207 e. The Labute approximate surface area is 94.6 Å². The van der Waals surface area contributed by atoms with Crippen LogP contribution in [-0.4, -0.2) is 20.3 Å². The van der Waals surface area contributed by atoms with Crippen LogP contribution in [-0.2, 0) is 4.79 Å². The quantitative estimate of drug-likeness (QED) is 0.547. The summed E-state index contributed by atoms with van der Waals surface area (Å²) in [6.07, 6.45) is 10.00. The van der Waals surface area contributed by atoms with Crippen LogP contribution in [0.1, 0.15) is 58.3 Å². The molecule has 0 aliphatic heterocycles. The molecule has 0 aromatic carbocycles. The Kier molecular flexibility index (Phi) is 5.20. The lowest BCUT2D eigenvalue weighted by atomic mass is 9.64. The van der Waals surface area contributed by atoms with Crippen LogP contribution in [0.25, 0.3) is 0 Å². The Balaban J connectivity index is 2.35. The molecule has 1 saturated carbocycles. The van der Waals surface area contributed by atoms with Gasteiger partial charge in [-0.25, -0.2) is 0 Å². The molecule has 84 valence electrons. The molecule has 1 rings (SSSR count). The first-order chi connectivity index (χ1) is 7.14. The molecule has 0 aromatic heterocycles. The third-order valence-corrected chi connectivity index (χ3v) is 3.40. The zero-order valence-corrected chi connectivity index (χ0v) is 9.80. The molecule has 0 aromatic rings. The molecule has 15 heavy (non-hydrogen) atoms. The number of nitrogens with one attached hydrogen (secondary N) is 1. The molecule has 0 heterocycles. The topological polar surface area (TPSA) is 29.1 Å². The average molecular weight is 207 g/mol. The van der Waals surface area contributed by atoms with Crippen molar-refractivity contribution in [2.45, 2.75) is 69.6 Å². The predicted octanol–water partition coefficient (Wildman–Crippen LogP) is 2.58. The fourth-order valence-electron chi connectivity index (χ4n) is 2.37. The van der Waals surface area contributed by atoms with E-state index in [2.05, 4.69) is 12.2 Å². The minimum Gasteiger partial charge on any atom is -0.356 e. The van der Waals surface area contributed by atoms with Crippen molar-refractivity contribution < 1.29 is 4.79 Å². The molecule has 1 N–H and O–H groups in total. The second-order valence-electron chi connectivity index (χ2n) is 5.13. The monoisotopic (exact) mass is 207 g/mol. The van der Waals surface area contributed by atoms with E-state index in [0.29, 0.717) is 6.04 Å². The van der Waals surface area contributed by atoms with Gasteiger partial charge in [0.25, 0.3) is 0 Å². The van der Waals surface area contributed by atoms with E-state index in [1.165, 1.54) is 25.7 Å². The van der Waals surface area contributed by atoms with Crippen LogP contribution in [0.15, 0.2) is 0 Å². The van der Waals surface area contributed by atoms with E-state index < -0.39 is 0 Å². The third kappa shape index (κ3) is 5.24. The van der Waals surface area contributed by atoms with Gasteiger partial charge in [-0.2, -0.15) is 0 Å². The molecule has 0 saturated heterocycles. The van der Waals surface area contributed by atoms with Gasteiger partial charge in [-0.15, -0.1) is 0 Å². The van der Waals surface area contributed by atoms with Gasteiger partial charge in [-0.1, -0.05) is 50.8 Å². The van der Waals surface area contributed by atoms with E-state index in [1.807, 2.05) is 0 Å². The highest BCUT2D eigenvalue weighted by Gasteiger charge is 2.18. The summed E-state index contributed by atoms with van der Waals surface area (Å²) in [6.45, 7) is 2.16. The second-order valence-corrected chi connectivity index (χ2v) is 5.13. The maximum atomic E-state index is 10.4. The maximum absolute atomic E-state index is 10.4. The van der Waals surface area contributed by atoms with Crippen LogP contribution in [0.5, 0.6) is 0 Å². The van der Waals surface area contributed by atoms with E-state index in [-0.39, 0.29) is 5.31 Å². The van der Waals surface area contributed by atoms with Gasteiger partial charge < -0.3 is 5.32 Å². The molecule has 1 aliphatic rings. The van der Waals surface area contributed by atoms with E-state index in [9.17, 15) is 4.79 Å². The molecule has 1 fully saturated rings. The zero-order valence-electron chi connectivity index (χ0n) is 9.80. The fraction of sp³-hybridized carbons (Fsp3) is 0.917. The molecule has 0 unspecified atom stereocenters. The van der Waals surface area contributed by atoms with Gasteiger partial charge in [0.15, 0.2) is 0 Å². The number of amides is 1. The first-order valence-corrected chi connectivity index (χ1v) is 6.13. The molecule has 2 radical (unpaired) electrons. The van der Waals surface area contributed by atoms with E-state index in [0.717, 1.165) is 32.1 Å². The lowest BCUT2D eigenvalue weighted by Gasteiger charge is -2.27. The number of carbonyl (C=O) groups excluding carboxylic acids is 1. The van der Waals surface area contributed by atoms with Gasteiger partial charge in [0, 0.05) is 6.04 Å². The summed E-state index contributed by atoms with van der Waals surface area (Å²) in [6, 6.07) is 0.393. The number of rotatable bonds is 2. The number of hydrogen-bond acceptors (Lipinski definition) is 1. The lowest BCUT2D eigenvalue weighted by molar-refractivity contribution is -0.110. The van der Waals surface area contributed by atoms with Crippen LogP contribution in [0.2, 0.25) is 5.31 Å². The molecule has 2 nitrogen and oxygen atoms in total. The van der Waals surface area contributed by atoms with Crippen molar-refractivity contribution in [3.05, 3.63) is 0 Å². The van der Waals surface area contributed by atoms with Crippen LogP contribution >= 0.6 is 0 Å². The lowest BCUT2D eigenvalue weighted by Crippen LogP contribution is -2.28. The Hall–Kier alpha value is -0.465. The summed E-state index contributed by atoms with van der Waals surface area (Å²) in [5.74, 6) is 0. The Morgan fingerprint density at radius 2 is 1.73 bits per heavy atom. The summed E-state index contributed by atoms with van der Waals surface area (Å²) in [5.41, 5.74) is 0. The predicted molar refractivity (Wildman–Crippen MR) is 64.0 cm³/mol. The minimum atomic E-state index is 0.0327. The molecule has 0 spiro atoms. The van der Waals surface area contributed by atoms with Gasteiger partial charge in [0.05, 0.1) is 7.85 Å². The number of carbonyl (C=O) groups is 1. The first kappa shape index (κ1) is 12.6. The maximum Gasteiger partial charge on any atom is 0.207 e. The molecule has 3 heteroatoms. The summed E-state index contributed by atoms with van der Waals surface area (Å²) < 4.78 is 0. The van der Waals surface area contributed by atoms with Crippen molar-refractivity contribution in [3.8, 4) is 0 Å². The summed E-state index contributed by atoms with van der Waals surface area (Å²) in [5, 5.41) is 2.94. The summed E-state index contributed by atoms with van der Waals surface area (Å²) in [7, 11) is 6.19. The highest BCUT2D eigenvalue weighted by atomic mass is 16.1. The van der Waals surface area contributed by atoms with Crippen LogP contribution in [0.4, 0.5) is 0 Å². The van der Waals surface area contributed by atoms with Crippen molar-refractivity contribution >= 4 is 14.3 Å².